The first kappa shape index (κ1) is 16.0. The van der Waals surface area contributed by atoms with Crippen LogP contribution in [0.3, 0.4) is 0 Å². The molecule has 0 aliphatic rings. The summed E-state index contributed by atoms with van der Waals surface area (Å²) in [6.45, 7) is -0.428. The summed E-state index contributed by atoms with van der Waals surface area (Å²) < 4.78 is 21.4. The van der Waals surface area contributed by atoms with Gasteiger partial charge in [0.25, 0.3) is 0 Å². The number of hydrogen-bond acceptors (Lipinski definition) is 6. The number of hydrogen-bond donors (Lipinski definition) is 1. The van der Waals surface area contributed by atoms with Crippen LogP contribution in [0.5, 0.6) is 5.75 Å². The van der Waals surface area contributed by atoms with Gasteiger partial charge in [0.1, 0.15) is 11.8 Å². The van der Waals surface area contributed by atoms with Crippen molar-refractivity contribution in [1.82, 2.24) is 5.48 Å². The van der Waals surface area contributed by atoms with E-state index in [1.165, 1.54) is 6.92 Å². The molecule has 1 aromatic rings. The zero-order valence-electron chi connectivity index (χ0n) is 10.5. The fraction of sp³-hybridized carbons (Fsp3) is 0.364. The van der Waals surface area contributed by atoms with Crippen LogP contribution in [-0.4, -0.2) is 18.6 Å². The zero-order chi connectivity index (χ0) is 14.3. The van der Waals surface area contributed by atoms with E-state index >= 15 is 0 Å². The summed E-state index contributed by atoms with van der Waals surface area (Å²) in [5.74, 6) is -0.582. The smallest absolute Gasteiger partial charge is 0.405 e. The Bertz CT molecular complexity index is 456. The molecule has 1 N–H and O–H groups in total. The number of carbonyl (C=O) groups is 1. The number of hydroxylamine groups is 1. The lowest BCUT2D eigenvalue weighted by Gasteiger charge is -2.16. The Balaban J connectivity index is 2.54. The minimum atomic E-state index is -4.03. The van der Waals surface area contributed by atoms with E-state index < -0.39 is 19.0 Å². The number of nitrogens with one attached hydrogen (secondary N) is 1. The van der Waals surface area contributed by atoms with E-state index in [1.807, 2.05) is 0 Å². The van der Waals surface area contributed by atoms with Crippen molar-refractivity contribution in [2.75, 3.05) is 6.61 Å². The number of halogens is 1. The summed E-state index contributed by atoms with van der Waals surface area (Å²) in [6.07, 6.45) is 0. The Hall–Kier alpha value is -1.07. The molecule has 0 heterocycles. The molecule has 19 heavy (non-hydrogen) atoms. The normalized spacial score (nSPS) is 15.3. The van der Waals surface area contributed by atoms with Gasteiger partial charge in [0, 0.05) is 11.2 Å². The number of para-hydroxylation sites is 1. The number of carbonyl (C=O) groups excluding carboxylic acids is 1. The van der Waals surface area contributed by atoms with Crippen molar-refractivity contribution in [1.29, 1.82) is 0 Å². The fourth-order valence-electron chi connectivity index (χ4n) is 1.07. The van der Waals surface area contributed by atoms with Crippen LogP contribution in [0.25, 0.3) is 0 Å². The quantitative estimate of drug-likeness (QED) is 0.617. The van der Waals surface area contributed by atoms with Gasteiger partial charge in [-0.15, -0.1) is 0 Å². The maximum absolute atomic E-state index is 11.8. The van der Waals surface area contributed by atoms with Crippen molar-refractivity contribution in [3.8, 4) is 5.75 Å². The summed E-state index contributed by atoms with van der Waals surface area (Å²) in [5.41, 5.74) is 2.41. The van der Waals surface area contributed by atoms with Gasteiger partial charge in [-0.3, -0.25) is 0 Å². The molecule has 0 saturated heterocycles. The molecule has 1 rings (SSSR count). The van der Waals surface area contributed by atoms with Gasteiger partial charge in [-0.1, -0.05) is 18.2 Å². The number of rotatable bonds is 7. The third-order valence-electron chi connectivity index (χ3n) is 1.91. The van der Waals surface area contributed by atoms with Gasteiger partial charge in [-0.2, -0.15) is 5.48 Å². The lowest BCUT2D eigenvalue weighted by molar-refractivity contribution is -0.140. The highest BCUT2D eigenvalue weighted by atomic mass is 35.7. The molecular weight excluding hydrogens is 293 g/mol. The first-order valence-electron chi connectivity index (χ1n) is 5.59. The van der Waals surface area contributed by atoms with E-state index in [2.05, 4.69) is 10.0 Å². The third-order valence-corrected chi connectivity index (χ3v) is 3.16. The molecular formula is C11H15ClNO5P. The second kappa shape index (κ2) is 7.50. The Morgan fingerprint density at radius 1 is 1.42 bits per heavy atom. The van der Waals surface area contributed by atoms with E-state index in [0.29, 0.717) is 6.61 Å². The predicted molar refractivity (Wildman–Crippen MR) is 70.8 cm³/mol. The monoisotopic (exact) mass is 307 g/mol. The van der Waals surface area contributed by atoms with E-state index in [-0.39, 0.29) is 5.75 Å². The van der Waals surface area contributed by atoms with E-state index in [9.17, 15) is 9.36 Å². The molecule has 0 radical (unpaired) electrons. The molecule has 0 spiro atoms. The highest BCUT2D eigenvalue weighted by Crippen LogP contribution is 2.53. The van der Waals surface area contributed by atoms with Gasteiger partial charge in [-0.05, 0) is 26.0 Å². The van der Waals surface area contributed by atoms with Crippen LogP contribution >= 0.6 is 18.2 Å². The Morgan fingerprint density at radius 3 is 2.63 bits per heavy atom. The number of benzene rings is 1. The molecule has 0 amide bonds. The van der Waals surface area contributed by atoms with Gasteiger partial charge < -0.3 is 13.9 Å². The third kappa shape index (κ3) is 6.07. The molecule has 1 aromatic carbocycles. The second-order valence-electron chi connectivity index (χ2n) is 3.52. The topological polar surface area (TPSA) is 73.9 Å². The molecule has 8 heteroatoms. The van der Waals surface area contributed by atoms with Gasteiger partial charge >= 0.3 is 12.9 Å². The van der Waals surface area contributed by atoms with E-state index in [0.717, 1.165) is 0 Å². The van der Waals surface area contributed by atoms with Crippen LogP contribution < -0.4 is 10.0 Å². The van der Waals surface area contributed by atoms with Crippen LogP contribution in [0.2, 0.25) is 0 Å². The minimum Gasteiger partial charge on any atom is -0.405 e. The van der Waals surface area contributed by atoms with E-state index in [4.69, 9.17) is 20.6 Å². The summed E-state index contributed by atoms with van der Waals surface area (Å²) in [4.78, 5) is 16.4. The molecule has 0 aliphatic carbocycles. The lowest BCUT2D eigenvalue weighted by atomic mass is 10.3. The summed E-state index contributed by atoms with van der Waals surface area (Å²) >= 11 is 5.57. The van der Waals surface area contributed by atoms with E-state index in [1.54, 1.807) is 37.3 Å². The Morgan fingerprint density at radius 2 is 2.05 bits per heavy atom. The molecule has 0 aliphatic heterocycles. The molecule has 0 saturated carbocycles. The summed E-state index contributed by atoms with van der Waals surface area (Å²) in [7, 11) is 0. The predicted octanol–water partition coefficient (Wildman–Crippen LogP) is 2.89. The van der Waals surface area contributed by atoms with Crippen LogP contribution in [0.15, 0.2) is 30.3 Å². The molecule has 0 fully saturated rings. The average Bonchev–Trinajstić information content (AvgIpc) is 2.35. The summed E-state index contributed by atoms with van der Waals surface area (Å²) in [5, 5.41) is 0. The van der Waals surface area contributed by atoms with Crippen molar-refractivity contribution in [3.63, 3.8) is 0 Å². The average molecular weight is 308 g/mol. The minimum absolute atomic E-state index is 0.249. The van der Waals surface area contributed by atoms with Crippen molar-refractivity contribution >= 4 is 24.2 Å². The zero-order valence-corrected chi connectivity index (χ0v) is 12.2. The van der Waals surface area contributed by atoms with Gasteiger partial charge in [0.15, 0.2) is 0 Å². The molecule has 106 valence electrons. The van der Waals surface area contributed by atoms with Crippen LogP contribution in [0.1, 0.15) is 13.8 Å². The van der Waals surface area contributed by atoms with Gasteiger partial charge in [-0.25, -0.2) is 9.36 Å². The highest BCUT2D eigenvalue weighted by Gasteiger charge is 2.30. The first-order valence-corrected chi connectivity index (χ1v) is 8.04. The van der Waals surface area contributed by atoms with Crippen LogP contribution in [0, 0.1) is 0 Å². The van der Waals surface area contributed by atoms with Crippen molar-refractivity contribution in [2.24, 2.45) is 0 Å². The molecule has 6 nitrogen and oxygen atoms in total. The molecule has 2 atom stereocenters. The maximum atomic E-state index is 11.8. The van der Waals surface area contributed by atoms with Crippen molar-refractivity contribution < 1.29 is 23.2 Å². The standard InChI is InChI=1S/C11H15ClNO5P/c1-3-16-13-9(2)11(14)18-19(12,15)17-10-7-5-4-6-8-10/h4-9,13H,3H2,1-2H3/t9-,19?/m0/s1. The summed E-state index contributed by atoms with van der Waals surface area (Å²) in [6, 6.07) is 7.38. The van der Waals surface area contributed by atoms with Crippen molar-refractivity contribution in [3.05, 3.63) is 30.3 Å². The molecule has 0 bridgehead atoms. The van der Waals surface area contributed by atoms with Gasteiger partial charge in [0.05, 0.1) is 6.61 Å². The first-order chi connectivity index (χ1) is 8.94. The SMILES string of the molecule is CCON[C@@H](C)C(=O)OP(=O)(Cl)Oc1ccccc1. The van der Waals surface area contributed by atoms with Crippen molar-refractivity contribution in [2.45, 2.75) is 19.9 Å². The molecule has 1 unspecified atom stereocenters. The van der Waals surface area contributed by atoms with Gasteiger partial charge in [0.2, 0.25) is 0 Å². The lowest BCUT2D eigenvalue weighted by Crippen LogP contribution is -2.34. The Labute approximate surface area is 116 Å². The van der Waals surface area contributed by atoms with Crippen LogP contribution in [-0.2, 0) is 18.7 Å². The highest BCUT2D eigenvalue weighted by molar-refractivity contribution is 7.82. The largest absolute Gasteiger partial charge is 0.532 e. The fourth-order valence-corrected chi connectivity index (χ4v) is 2.30. The molecule has 0 aromatic heterocycles. The van der Waals surface area contributed by atoms with Crippen LogP contribution in [0.4, 0.5) is 0 Å². The Kier molecular flexibility index (Phi) is 6.31. The maximum Gasteiger partial charge on any atom is 0.532 e. The second-order valence-corrected chi connectivity index (χ2v) is 5.99.